The van der Waals surface area contributed by atoms with Crippen LogP contribution in [0.25, 0.3) is 0 Å². The van der Waals surface area contributed by atoms with Crippen molar-refractivity contribution in [3.8, 4) is 0 Å². The Hall–Kier alpha value is -0.240. The third-order valence-corrected chi connectivity index (χ3v) is 4.95. The van der Waals surface area contributed by atoms with Gasteiger partial charge in [0.2, 0.25) is 0 Å². The lowest BCUT2D eigenvalue weighted by Crippen LogP contribution is -2.37. The van der Waals surface area contributed by atoms with Gasteiger partial charge in [-0.3, -0.25) is 0 Å². The first kappa shape index (κ1) is 15.2. The third-order valence-electron chi connectivity index (χ3n) is 4.10. The molecule has 0 saturated heterocycles. The van der Waals surface area contributed by atoms with Crippen LogP contribution in [-0.4, -0.2) is 12.6 Å². The van der Waals surface area contributed by atoms with E-state index in [0.717, 1.165) is 23.9 Å². The summed E-state index contributed by atoms with van der Waals surface area (Å²) in [6.45, 7) is 3.30. The van der Waals surface area contributed by atoms with Crippen LogP contribution in [0.15, 0.2) is 18.2 Å². The van der Waals surface area contributed by atoms with Gasteiger partial charge < -0.3 is 5.32 Å². The molecule has 1 saturated carbocycles. The van der Waals surface area contributed by atoms with Crippen molar-refractivity contribution in [2.75, 3.05) is 6.54 Å². The minimum atomic E-state index is 0.540. The van der Waals surface area contributed by atoms with Gasteiger partial charge in [0.05, 0.1) is 10.0 Å². The summed E-state index contributed by atoms with van der Waals surface area (Å²) in [5.74, 6) is 0.793. The van der Waals surface area contributed by atoms with Crippen molar-refractivity contribution < 1.29 is 0 Å². The third kappa shape index (κ3) is 4.11. The Bertz CT molecular complexity index is 400. The predicted molar refractivity (Wildman–Crippen MR) is 84.2 cm³/mol. The maximum absolute atomic E-state index is 6.32. The summed E-state index contributed by atoms with van der Waals surface area (Å²) < 4.78 is 0. The number of hydrogen-bond donors (Lipinski definition) is 1. The fourth-order valence-corrected chi connectivity index (χ4v) is 3.44. The average Bonchev–Trinajstić information content (AvgIpc) is 2.93. The second kappa shape index (κ2) is 7.52. The van der Waals surface area contributed by atoms with E-state index in [1.807, 2.05) is 12.1 Å². The molecule has 19 heavy (non-hydrogen) atoms. The van der Waals surface area contributed by atoms with Gasteiger partial charge in [0.25, 0.3) is 0 Å². The molecule has 1 nitrogen and oxygen atoms in total. The van der Waals surface area contributed by atoms with Crippen molar-refractivity contribution in [1.82, 2.24) is 5.32 Å². The largest absolute Gasteiger partial charge is 0.313 e. The zero-order chi connectivity index (χ0) is 13.7. The Morgan fingerprint density at radius 3 is 2.68 bits per heavy atom. The van der Waals surface area contributed by atoms with Crippen molar-refractivity contribution in [2.45, 2.75) is 51.5 Å². The van der Waals surface area contributed by atoms with Crippen molar-refractivity contribution in [3.05, 3.63) is 33.8 Å². The van der Waals surface area contributed by atoms with Gasteiger partial charge >= 0.3 is 0 Å². The molecular formula is C16H23Cl2N. The number of benzene rings is 1. The highest BCUT2D eigenvalue weighted by atomic mass is 35.5. The molecule has 1 aliphatic carbocycles. The van der Waals surface area contributed by atoms with Crippen LogP contribution in [0.5, 0.6) is 0 Å². The lowest BCUT2D eigenvalue weighted by molar-refractivity contribution is 0.356. The molecule has 1 aromatic rings. The fourth-order valence-electron chi connectivity index (χ4n) is 3.04. The van der Waals surface area contributed by atoms with Gasteiger partial charge in [0.15, 0.2) is 0 Å². The van der Waals surface area contributed by atoms with E-state index >= 15 is 0 Å². The number of halogens is 2. The minimum Gasteiger partial charge on any atom is -0.313 e. The van der Waals surface area contributed by atoms with Crippen LogP contribution >= 0.6 is 23.2 Å². The molecule has 1 fully saturated rings. The van der Waals surface area contributed by atoms with E-state index in [0.29, 0.717) is 11.1 Å². The second-order valence-corrected chi connectivity index (χ2v) is 6.31. The molecule has 1 atom stereocenters. The van der Waals surface area contributed by atoms with E-state index in [-0.39, 0.29) is 0 Å². The Kier molecular flexibility index (Phi) is 6.00. The topological polar surface area (TPSA) is 12.0 Å². The number of hydrogen-bond acceptors (Lipinski definition) is 1. The van der Waals surface area contributed by atoms with Crippen molar-refractivity contribution in [2.24, 2.45) is 5.92 Å². The molecule has 1 unspecified atom stereocenters. The van der Waals surface area contributed by atoms with Gasteiger partial charge in [-0.05, 0) is 49.8 Å². The Balaban J connectivity index is 2.07. The first-order valence-electron chi connectivity index (χ1n) is 7.38. The zero-order valence-corrected chi connectivity index (χ0v) is 13.1. The highest BCUT2D eigenvalue weighted by Gasteiger charge is 2.25. The lowest BCUT2D eigenvalue weighted by Gasteiger charge is -2.25. The standard InChI is InChI=1S/C16H23Cl2N/c1-2-10-19-15(12-6-3-4-7-12)11-13-8-5-9-14(17)16(13)18/h5,8-9,12,15,19H,2-4,6-7,10-11H2,1H3. The van der Waals surface area contributed by atoms with Crippen molar-refractivity contribution in [3.63, 3.8) is 0 Å². The van der Waals surface area contributed by atoms with Crippen LogP contribution in [-0.2, 0) is 6.42 Å². The summed E-state index contributed by atoms with van der Waals surface area (Å²) in [5, 5.41) is 5.10. The number of rotatable bonds is 6. The van der Waals surface area contributed by atoms with Gasteiger partial charge in [-0.25, -0.2) is 0 Å². The molecule has 0 aromatic heterocycles. The molecule has 0 spiro atoms. The molecule has 0 aliphatic heterocycles. The molecule has 106 valence electrons. The predicted octanol–water partition coefficient (Wildman–Crippen LogP) is 5.09. The van der Waals surface area contributed by atoms with E-state index < -0.39 is 0 Å². The summed E-state index contributed by atoms with van der Waals surface area (Å²) in [7, 11) is 0. The molecule has 0 amide bonds. The Labute approximate surface area is 126 Å². The second-order valence-electron chi connectivity index (χ2n) is 5.52. The van der Waals surface area contributed by atoms with Crippen LogP contribution in [0.1, 0.15) is 44.6 Å². The first-order chi connectivity index (χ1) is 9.22. The minimum absolute atomic E-state index is 0.540. The van der Waals surface area contributed by atoms with Gasteiger partial charge in [0.1, 0.15) is 0 Å². The van der Waals surface area contributed by atoms with Gasteiger partial charge in [-0.2, -0.15) is 0 Å². The average molecular weight is 300 g/mol. The monoisotopic (exact) mass is 299 g/mol. The maximum Gasteiger partial charge on any atom is 0.0624 e. The molecular weight excluding hydrogens is 277 g/mol. The van der Waals surface area contributed by atoms with E-state index in [4.69, 9.17) is 23.2 Å². The van der Waals surface area contributed by atoms with Crippen LogP contribution in [0, 0.1) is 5.92 Å². The van der Waals surface area contributed by atoms with Crippen LogP contribution < -0.4 is 5.32 Å². The van der Waals surface area contributed by atoms with E-state index in [1.165, 1.54) is 37.7 Å². The molecule has 0 heterocycles. The quantitative estimate of drug-likeness (QED) is 0.771. The van der Waals surface area contributed by atoms with E-state index in [9.17, 15) is 0 Å². The normalized spacial score (nSPS) is 17.8. The maximum atomic E-state index is 6.32. The summed E-state index contributed by atoms with van der Waals surface area (Å²) >= 11 is 12.4. The Morgan fingerprint density at radius 1 is 1.26 bits per heavy atom. The lowest BCUT2D eigenvalue weighted by atomic mass is 9.92. The van der Waals surface area contributed by atoms with Crippen molar-refractivity contribution >= 4 is 23.2 Å². The van der Waals surface area contributed by atoms with Gasteiger partial charge in [-0.15, -0.1) is 0 Å². The van der Waals surface area contributed by atoms with Crippen LogP contribution in [0.3, 0.4) is 0 Å². The van der Waals surface area contributed by atoms with Crippen molar-refractivity contribution in [1.29, 1.82) is 0 Å². The molecule has 3 heteroatoms. The highest BCUT2D eigenvalue weighted by Crippen LogP contribution is 2.32. The molecule has 0 bridgehead atoms. The zero-order valence-electron chi connectivity index (χ0n) is 11.6. The molecule has 1 aromatic carbocycles. The smallest absolute Gasteiger partial charge is 0.0624 e. The van der Waals surface area contributed by atoms with Crippen LogP contribution in [0.4, 0.5) is 0 Å². The summed E-state index contributed by atoms with van der Waals surface area (Å²) in [4.78, 5) is 0. The first-order valence-corrected chi connectivity index (χ1v) is 8.14. The summed E-state index contributed by atoms with van der Waals surface area (Å²) in [6.07, 6.45) is 7.60. The molecule has 2 rings (SSSR count). The van der Waals surface area contributed by atoms with Gasteiger partial charge in [-0.1, -0.05) is 55.1 Å². The Morgan fingerprint density at radius 2 is 2.00 bits per heavy atom. The SMILES string of the molecule is CCCNC(Cc1cccc(Cl)c1Cl)C1CCCC1. The van der Waals surface area contributed by atoms with Crippen LogP contribution in [0.2, 0.25) is 10.0 Å². The fraction of sp³-hybridized carbons (Fsp3) is 0.625. The number of nitrogens with one attached hydrogen (secondary N) is 1. The molecule has 0 radical (unpaired) electrons. The van der Waals surface area contributed by atoms with Gasteiger partial charge in [0, 0.05) is 6.04 Å². The summed E-state index contributed by atoms with van der Waals surface area (Å²) in [6, 6.07) is 6.49. The highest BCUT2D eigenvalue weighted by molar-refractivity contribution is 6.42. The van der Waals surface area contributed by atoms with E-state index in [2.05, 4.69) is 18.3 Å². The van der Waals surface area contributed by atoms with E-state index in [1.54, 1.807) is 0 Å². The molecule has 1 aliphatic rings. The summed E-state index contributed by atoms with van der Waals surface area (Å²) in [5.41, 5.74) is 1.18. The molecule has 1 N–H and O–H groups in total.